The maximum atomic E-state index is 13.0. The van der Waals surface area contributed by atoms with Gasteiger partial charge in [0.05, 0.1) is 25.9 Å². The summed E-state index contributed by atoms with van der Waals surface area (Å²) in [5.41, 5.74) is 12.5. The third-order valence-electron chi connectivity index (χ3n) is 6.81. The van der Waals surface area contributed by atoms with Crippen LogP contribution in [0.4, 0.5) is 11.6 Å². The lowest BCUT2D eigenvalue weighted by atomic mass is 10.1. The fourth-order valence-corrected chi connectivity index (χ4v) is 5.70. The van der Waals surface area contributed by atoms with Gasteiger partial charge >= 0.3 is 7.82 Å². The molecule has 2 saturated heterocycles. The van der Waals surface area contributed by atoms with Crippen LogP contribution in [0.15, 0.2) is 25.3 Å². The van der Waals surface area contributed by atoms with Crippen molar-refractivity contribution >= 4 is 41.8 Å². The molecule has 41 heavy (non-hydrogen) atoms. The lowest BCUT2D eigenvalue weighted by Gasteiger charge is -2.24. The van der Waals surface area contributed by atoms with Crippen LogP contribution in [0.3, 0.4) is 0 Å². The molecule has 2 fully saturated rings. The second kappa shape index (κ2) is 10.4. The zero-order chi connectivity index (χ0) is 29.1. The van der Waals surface area contributed by atoms with Crippen LogP contribution in [0.1, 0.15) is 12.5 Å². The molecule has 0 bridgehead atoms. The van der Waals surface area contributed by atoms with Crippen molar-refractivity contribution in [2.75, 3.05) is 24.7 Å². The number of phosphoric ester groups is 1. The van der Waals surface area contributed by atoms with E-state index >= 15 is 0 Å². The van der Waals surface area contributed by atoms with Crippen molar-refractivity contribution in [1.29, 1.82) is 0 Å². The van der Waals surface area contributed by atoms with E-state index in [9.17, 15) is 29.9 Å². The van der Waals surface area contributed by atoms with Crippen molar-refractivity contribution in [3.63, 3.8) is 0 Å². The number of nitrogen functional groups attached to an aromatic ring is 2. The zero-order valence-corrected chi connectivity index (χ0v) is 21.7. The SMILES string of the molecule is Nc1ncnc2c1ncn2[C@@H]1O[C@H](COP(=O)(O)OC2C(O)[C@@H](CO)O[C@H]2n2cnc3c(N)ncnc32)C(O)C1O. The summed E-state index contributed by atoms with van der Waals surface area (Å²) in [4.78, 5) is 34.6. The van der Waals surface area contributed by atoms with E-state index in [1.807, 2.05) is 0 Å². The monoisotopic (exact) mass is 596 g/mol. The van der Waals surface area contributed by atoms with E-state index in [4.69, 9.17) is 30.0 Å². The van der Waals surface area contributed by atoms with Gasteiger partial charge in [-0.3, -0.25) is 18.2 Å². The van der Waals surface area contributed by atoms with Crippen LogP contribution in [0, 0.1) is 0 Å². The van der Waals surface area contributed by atoms with Gasteiger partial charge in [-0.15, -0.1) is 0 Å². The largest absolute Gasteiger partial charge is 0.472 e. The summed E-state index contributed by atoms with van der Waals surface area (Å²) in [5, 5.41) is 41.5. The Balaban J connectivity index is 1.18. The highest BCUT2D eigenvalue weighted by Gasteiger charge is 2.50. The van der Waals surface area contributed by atoms with Crippen LogP contribution in [0.2, 0.25) is 0 Å². The summed E-state index contributed by atoms with van der Waals surface area (Å²) in [7, 11) is -4.99. The zero-order valence-electron chi connectivity index (χ0n) is 20.8. The van der Waals surface area contributed by atoms with Gasteiger partial charge in [0.2, 0.25) is 0 Å². The fourth-order valence-electron chi connectivity index (χ4n) is 4.77. The minimum atomic E-state index is -4.99. The molecular formula is C20H25N10O10P. The Labute approximate surface area is 228 Å². The molecule has 6 rings (SSSR count). The molecule has 4 aromatic rings. The number of imidazole rings is 2. The number of nitrogens with two attached hydrogens (primary N) is 2. The van der Waals surface area contributed by atoms with Crippen molar-refractivity contribution in [1.82, 2.24) is 39.0 Å². The summed E-state index contributed by atoms with van der Waals surface area (Å²) < 4.78 is 37.3. The molecule has 0 radical (unpaired) electrons. The minimum Gasteiger partial charge on any atom is -0.394 e. The van der Waals surface area contributed by atoms with E-state index < -0.39 is 70.1 Å². The van der Waals surface area contributed by atoms with E-state index in [-0.39, 0.29) is 34.0 Å². The van der Waals surface area contributed by atoms with Crippen molar-refractivity contribution < 1.29 is 48.4 Å². The third-order valence-corrected chi connectivity index (χ3v) is 7.79. The van der Waals surface area contributed by atoms with Crippen LogP contribution in [0.25, 0.3) is 22.3 Å². The van der Waals surface area contributed by atoms with Gasteiger partial charge in [-0.05, 0) is 0 Å². The average molecular weight is 596 g/mol. The number of anilines is 2. The van der Waals surface area contributed by atoms with Crippen LogP contribution in [0.5, 0.6) is 0 Å². The number of hydrogen-bond acceptors (Lipinski definition) is 17. The molecule has 4 aromatic heterocycles. The summed E-state index contributed by atoms with van der Waals surface area (Å²) in [6, 6.07) is 0. The number of phosphoric acid groups is 1. The summed E-state index contributed by atoms with van der Waals surface area (Å²) in [5.74, 6) is 0.161. The maximum Gasteiger partial charge on any atom is 0.472 e. The Morgan fingerprint density at radius 3 is 1.98 bits per heavy atom. The van der Waals surface area contributed by atoms with Crippen molar-refractivity contribution in [2.24, 2.45) is 0 Å². The molecule has 0 amide bonds. The Bertz CT molecular complexity index is 1620. The highest BCUT2D eigenvalue weighted by atomic mass is 31.2. The number of fused-ring (bicyclic) bond motifs is 2. The molecule has 5 unspecified atom stereocenters. The first-order valence-corrected chi connectivity index (χ1v) is 13.6. The third kappa shape index (κ3) is 4.78. The van der Waals surface area contributed by atoms with Crippen LogP contribution >= 0.6 is 7.82 Å². The van der Waals surface area contributed by atoms with Crippen molar-refractivity contribution in [2.45, 2.75) is 49.1 Å². The predicted molar refractivity (Wildman–Crippen MR) is 133 cm³/mol. The van der Waals surface area contributed by atoms with E-state index in [0.717, 1.165) is 0 Å². The van der Waals surface area contributed by atoms with E-state index in [1.54, 1.807) is 0 Å². The van der Waals surface area contributed by atoms with E-state index in [0.29, 0.717) is 0 Å². The molecule has 0 spiro atoms. The second-order valence-corrected chi connectivity index (χ2v) is 10.7. The van der Waals surface area contributed by atoms with E-state index in [1.165, 1.54) is 34.4 Å². The first-order chi connectivity index (χ1) is 19.6. The highest BCUT2D eigenvalue weighted by molar-refractivity contribution is 7.47. The van der Waals surface area contributed by atoms with E-state index in [2.05, 4.69) is 29.9 Å². The first kappa shape index (κ1) is 27.7. The minimum absolute atomic E-state index is 0.0647. The quantitative estimate of drug-likeness (QED) is 0.101. The summed E-state index contributed by atoms with van der Waals surface area (Å²) in [6.45, 7) is -1.35. The van der Waals surface area contributed by atoms with Gasteiger partial charge < -0.3 is 46.3 Å². The fraction of sp³-hybridized carbons (Fsp3) is 0.500. The van der Waals surface area contributed by atoms with Gasteiger partial charge in [-0.1, -0.05) is 0 Å². The van der Waals surface area contributed by atoms with Gasteiger partial charge in [0.1, 0.15) is 60.3 Å². The molecule has 2 aliphatic rings. The maximum absolute atomic E-state index is 13.0. The summed E-state index contributed by atoms with van der Waals surface area (Å²) >= 11 is 0. The second-order valence-electron chi connectivity index (χ2n) is 9.28. The molecule has 2 aliphatic heterocycles. The molecular weight excluding hydrogens is 571 g/mol. The number of rotatable bonds is 8. The lowest BCUT2D eigenvalue weighted by molar-refractivity contribution is -0.0616. The first-order valence-electron chi connectivity index (χ1n) is 12.1. The lowest BCUT2D eigenvalue weighted by Crippen LogP contribution is -2.36. The van der Waals surface area contributed by atoms with Gasteiger partial charge in [-0.2, -0.15) is 0 Å². The van der Waals surface area contributed by atoms with Crippen LogP contribution in [-0.2, 0) is 23.1 Å². The molecule has 220 valence electrons. The molecule has 0 saturated carbocycles. The van der Waals surface area contributed by atoms with Crippen LogP contribution in [-0.4, -0.2) is 114 Å². The Morgan fingerprint density at radius 2 is 1.39 bits per heavy atom. The number of hydrogen-bond donors (Lipinski definition) is 7. The van der Waals surface area contributed by atoms with Gasteiger partial charge in [0, 0.05) is 0 Å². The molecule has 21 heteroatoms. The average Bonchev–Trinajstić information content (AvgIpc) is 3.70. The smallest absolute Gasteiger partial charge is 0.394 e. The molecule has 0 aromatic carbocycles. The number of nitrogens with zero attached hydrogens (tertiary/aromatic N) is 8. The number of ether oxygens (including phenoxy) is 2. The molecule has 6 heterocycles. The van der Waals surface area contributed by atoms with Crippen molar-refractivity contribution in [3.05, 3.63) is 25.3 Å². The molecule has 20 nitrogen and oxygen atoms in total. The topological polar surface area (TPSA) is 294 Å². The molecule has 9 atom stereocenters. The van der Waals surface area contributed by atoms with Gasteiger partial charge in [0.15, 0.2) is 35.4 Å². The Hall–Kier alpha value is -3.43. The number of aromatic nitrogens is 8. The standard InChI is InChI=1S/C20H25N10O10P/c21-15-9-17(25-3-23-15)29(5-27-9)19-13(34)11(32)8(39-19)2-37-41(35,36)40-14-12(33)7(1-31)38-20(14)30-6-28-10-16(22)24-4-26-18(10)30/h3-8,11-14,19-20,31-34H,1-2H2,(H,35,36)(H2,21,23,25)(H2,22,24,26)/t7-,8-,11?,12?,13?,14?,19-,20-/m1/s1. The van der Waals surface area contributed by atoms with Crippen molar-refractivity contribution in [3.8, 4) is 0 Å². The number of aliphatic hydroxyl groups is 4. The van der Waals surface area contributed by atoms with Gasteiger partial charge in [-0.25, -0.2) is 34.5 Å². The highest BCUT2D eigenvalue weighted by Crippen LogP contribution is 2.50. The Kier molecular flexibility index (Phi) is 7.06. The van der Waals surface area contributed by atoms with Crippen LogP contribution < -0.4 is 11.5 Å². The summed E-state index contributed by atoms with van der Waals surface area (Å²) in [6.07, 6.45) is -6.23. The van der Waals surface area contributed by atoms with Gasteiger partial charge in [0.25, 0.3) is 0 Å². The number of aliphatic hydroxyl groups excluding tert-OH is 4. The Morgan fingerprint density at radius 1 is 0.829 bits per heavy atom. The normalized spacial score (nSPS) is 31.7. The molecule has 0 aliphatic carbocycles. The molecule has 9 N–H and O–H groups in total. The predicted octanol–water partition coefficient (Wildman–Crippen LogP) is -2.80.